The second kappa shape index (κ2) is 8.81. The van der Waals surface area contributed by atoms with Gasteiger partial charge in [-0.1, -0.05) is 0 Å². The number of nitrogens with one attached hydrogen (secondary N) is 1. The van der Waals surface area contributed by atoms with Crippen molar-refractivity contribution in [1.29, 1.82) is 0 Å². The van der Waals surface area contributed by atoms with E-state index in [0.717, 1.165) is 36.4 Å². The van der Waals surface area contributed by atoms with Crippen LogP contribution in [0, 0.1) is 13.8 Å². The molecule has 0 radical (unpaired) electrons. The lowest BCUT2D eigenvalue weighted by atomic mass is 10.2. The van der Waals surface area contributed by atoms with Gasteiger partial charge in [-0.25, -0.2) is 9.78 Å². The van der Waals surface area contributed by atoms with Crippen LogP contribution in [0.25, 0.3) is 0 Å². The maximum atomic E-state index is 12.5. The molecular weight excluding hydrogens is 352 g/mol. The Balaban J connectivity index is 1.42. The second-order valence-electron chi connectivity index (χ2n) is 6.90. The summed E-state index contributed by atoms with van der Waals surface area (Å²) in [5.74, 6) is 0.0827. The number of urea groups is 1. The molecule has 1 atom stereocenters. The van der Waals surface area contributed by atoms with Crippen LogP contribution in [0.2, 0.25) is 0 Å². The Labute approximate surface area is 158 Å². The fourth-order valence-corrected chi connectivity index (χ4v) is 4.28. The number of thiazole rings is 1. The molecule has 0 aliphatic carbocycles. The Bertz CT molecular complexity index is 623. The molecule has 2 saturated heterocycles. The van der Waals surface area contributed by atoms with Gasteiger partial charge >= 0.3 is 6.03 Å². The van der Waals surface area contributed by atoms with Crippen LogP contribution in [-0.4, -0.2) is 72.2 Å². The molecule has 3 amide bonds. The van der Waals surface area contributed by atoms with Crippen molar-refractivity contribution in [2.45, 2.75) is 45.6 Å². The van der Waals surface area contributed by atoms with Crippen LogP contribution in [0.3, 0.4) is 0 Å². The fraction of sp³-hybridized carbons (Fsp3) is 0.722. The first-order valence-electron chi connectivity index (χ1n) is 9.40. The van der Waals surface area contributed by atoms with E-state index < -0.39 is 0 Å². The molecule has 1 unspecified atom stereocenters. The summed E-state index contributed by atoms with van der Waals surface area (Å²) < 4.78 is 5.50. The Morgan fingerprint density at radius 2 is 1.96 bits per heavy atom. The van der Waals surface area contributed by atoms with E-state index in [1.165, 1.54) is 4.88 Å². The highest BCUT2D eigenvalue weighted by molar-refractivity contribution is 7.11. The number of aromatic nitrogens is 1. The summed E-state index contributed by atoms with van der Waals surface area (Å²) in [6, 6.07) is -0.0542. The van der Waals surface area contributed by atoms with Crippen LogP contribution in [0.5, 0.6) is 0 Å². The van der Waals surface area contributed by atoms with E-state index in [1.807, 2.05) is 11.8 Å². The standard InChI is InChI=1S/C18H28N4O3S/c1-13-14(2)26-16(20-13)6-7-19-18(24)22-9-4-8-21(10-11-22)17(23)15-5-3-12-25-15/h15H,3-12H2,1-2H3,(H,19,24). The molecule has 144 valence electrons. The van der Waals surface area contributed by atoms with Crippen LogP contribution in [0.4, 0.5) is 4.79 Å². The molecule has 2 aliphatic heterocycles. The van der Waals surface area contributed by atoms with Crippen LogP contribution >= 0.6 is 11.3 Å². The highest BCUT2D eigenvalue weighted by atomic mass is 32.1. The summed E-state index contributed by atoms with van der Waals surface area (Å²) in [5.41, 5.74) is 1.07. The van der Waals surface area contributed by atoms with Crippen molar-refractivity contribution >= 4 is 23.3 Å². The minimum absolute atomic E-state index is 0.0542. The summed E-state index contributed by atoms with van der Waals surface area (Å²) in [6.45, 7) is 7.86. The van der Waals surface area contributed by atoms with E-state index in [9.17, 15) is 9.59 Å². The predicted molar refractivity (Wildman–Crippen MR) is 100 cm³/mol. The summed E-state index contributed by atoms with van der Waals surface area (Å²) in [4.78, 5) is 34.3. The molecule has 2 aliphatic rings. The van der Waals surface area contributed by atoms with Gasteiger partial charge in [0.1, 0.15) is 6.10 Å². The number of rotatable bonds is 4. The lowest BCUT2D eigenvalue weighted by molar-refractivity contribution is -0.140. The van der Waals surface area contributed by atoms with E-state index >= 15 is 0 Å². The Morgan fingerprint density at radius 3 is 2.65 bits per heavy atom. The lowest BCUT2D eigenvalue weighted by Gasteiger charge is -2.24. The zero-order chi connectivity index (χ0) is 18.5. The highest BCUT2D eigenvalue weighted by Crippen LogP contribution is 2.17. The molecular formula is C18H28N4O3S. The van der Waals surface area contributed by atoms with Crippen molar-refractivity contribution in [3.8, 4) is 0 Å². The molecule has 0 aromatic carbocycles. The van der Waals surface area contributed by atoms with Gasteiger partial charge in [0.2, 0.25) is 0 Å². The molecule has 1 N–H and O–H groups in total. The smallest absolute Gasteiger partial charge is 0.317 e. The Kier molecular flexibility index (Phi) is 6.48. The van der Waals surface area contributed by atoms with Crippen molar-refractivity contribution in [2.24, 2.45) is 0 Å². The third-order valence-electron chi connectivity index (χ3n) is 4.99. The first kappa shape index (κ1) is 19.1. The van der Waals surface area contributed by atoms with Crippen LogP contribution in [-0.2, 0) is 16.0 Å². The minimum atomic E-state index is -0.277. The summed E-state index contributed by atoms with van der Waals surface area (Å²) in [5, 5.41) is 4.04. The van der Waals surface area contributed by atoms with Gasteiger partial charge in [-0.05, 0) is 33.1 Å². The number of ether oxygens (including phenoxy) is 1. The number of carbonyl (C=O) groups is 2. The molecule has 1 aromatic heterocycles. The van der Waals surface area contributed by atoms with Crippen molar-refractivity contribution in [3.05, 3.63) is 15.6 Å². The van der Waals surface area contributed by atoms with E-state index in [2.05, 4.69) is 17.2 Å². The molecule has 0 saturated carbocycles. The normalized spacial score (nSPS) is 20.9. The predicted octanol–water partition coefficient (Wildman–Crippen LogP) is 1.73. The number of hydrogen-bond acceptors (Lipinski definition) is 5. The van der Waals surface area contributed by atoms with Crippen LogP contribution in [0.1, 0.15) is 34.8 Å². The number of carbonyl (C=O) groups excluding carboxylic acids is 2. The van der Waals surface area contributed by atoms with E-state index in [0.29, 0.717) is 39.3 Å². The van der Waals surface area contributed by atoms with Gasteiger partial charge in [-0.15, -0.1) is 11.3 Å². The quantitative estimate of drug-likeness (QED) is 0.863. The van der Waals surface area contributed by atoms with Gasteiger partial charge in [-0.3, -0.25) is 4.79 Å². The highest BCUT2D eigenvalue weighted by Gasteiger charge is 2.30. The average Bonchev–Trinajstić information content (AvgIpc) is 3.18. The van der Waals surface area contributed by atoms with E-state index in [1.54, 1.807) is 16.2 Å². The van der Waals surface area contributed by atoms with Gasteiger partial charge in [-0.2, -0.15) is 0 Å². The third kappa shape index (κ3) is 4.73. The molecule has 1 aromatic rings. The van der Waals surface area contributed by atoms with Crippen molar-refractivity contribution in [1.82, 2.24) is 20.1 Å². The lowest BCUT2D eigenvalue weighted by Crippen LogP contribution is -2.44. The number of aryl methyl sites for hydroxylation is 2. The van der Waals surface area contributed by atoms with Crippen molar-refractivity contribution in [3.63, 3.8) is 0 Å². The van der Waals surface area contributed by atoms with Crippen molar-refractivity contribution in [2.75, 3.05) is 39.3 Å². The molecule has 0 spiro atoms. The van der Waals surface area contributed by atoms with E-state index in [-0.39, 0.29) is 18.0 Å². The van der Waals surface area contributed by atoms with Gasteiger partial charge in [0.25, 0.3) is 5.91 Å². The number of nitrogens with zero attached hydrogens (tertiary/aromatic N) is 3. The van der Waals surface area contributed by atoms with Gasteiger partial charge in [0.15, 0.2) is 0 Å². The van der Waals surface area contributed by atoms with Crippen molar-refractivity contribution < 1.29 is 14.3 Å². The largest absolute Gasteiger partial charge is 0.368 e. The van der Waals surface area contributed by atoms with Gasteiger partial charge < -0.3 is 19.9 Å². The Morgan fingerprint density at radius 1 is 1.19 bits per heavy atom. The number of hydrogen-bond donors (Lipinski definition) is 1. The summed E-state index contributed by atoms with van der Waals surface area (Å²) in [7, 11) is 0. The molecule has 3 heterocycles. The topological polar surface area (TPSA) is 74.8 Å². The number of amides is 3. The fourth-order valence-electron chi connectivity index (χ4n) is 3.35. The third-order valence-corrected chi connectivity index (χ3v) is 6.12. The molecule has 8 heteroatoms. The maximum Gasteiger partial charge on any atom is 0.317 e. The monoisotopic (exact) mass is 380 g/mol. The first-order valence-corrected chi connectivity index (χ1v) is 10.2. The SMILES string of the molecule is Cc1nc(CCNC(=O)N2CCCN(C(=O)C3CCCO3)CC2)sc1C. The van der Waals surface area contributed by atoms with E-state index in [4.69, 9.17) is 4.74 Å². The minimum Gasteiger partial charge on any atom is -0.368 e. The van der Waals surface area contributed by atoms with Crippen LogP contribution in [0.15, 0.2) is 0 Å². The molecule has 3 rings (SSSR count). The zero-order valence-electron chi connectivity index (χ0n) is 15.6. The summed E-state index contributed by atoms with van der Waals surface area (Å²) in [6.07, 6.45) is 3.05. The molecule has 7 nitrogen and oxygen atoms in total. The second-order valence-corrected chi connectivity index (χ2v) is 8.19. The zero-order valence-corrected chi connectivity index (χ0v) is 16.4. The molecule has 2 fully saturated rings. The summed E-state index contributed by atoms with van der Waals surface area (Å²) >= 11 is 1.69. The van der Waals surface area contributed by atoms with Gasteiger partial charge in [0.05, 0.1) is 10.7 Å². The Hall–Kier alpha value is -1.67. The van der Waals surface area contributed by atoms with Crippen LogP contribution < -0.4 is 5.32 Å². The molecule has 26 heavy (non-hydrogen) atoms. The van der Waals surface area contributed by atoms with Gasteiger partial charge in [0, 0.05) is 50.6 Å². The maximum absolute atomic E-state index is 12.5. The average molecular weight is 381 g/mol. The first-order chi connectivity index (χ1) is 12.5. The molecule has 0 bridgehead atoms.